The van der Waals surface area contributed by atoms with Crippen LogP contribution in [0.5, 0.6) is 0 Å². The molecule has 0 saturated heterocycles. The maximum absolute atomic E-state index is 11.2. The van der Waals surface area contributed by atoms with Gasteiger partial charge in [-0.15, -0.1) is 0 Å². The second-order valence-electron chi connectivity index (χ2n) is 3.52. The summed E-state index contributed by atoms with van der Waals surface area (Å²) in [5.41, 5.74) is -0.570. The van der Waals surface area contributed by atoms with Gasteiger partial charge < -0.3 is 4.55 Å². The fraction of sp³-hybridized carbons (Fsp3) is 0.857. The van der Waals surface area contributed by atoms with Crippen LogP contribution in [0, 0.1) is 5.41 Å². The number of hydrogen-bond donors (Lipinski definition) is 0. The second-order valence-corrected chi connectivity index (χ2v) is 4.75. The zero-order chi connectivity index (χ0) is 9.23. The molecule has 66 valence electrons. The summed E-state index contributed by atoms with van der Waals surface area (Å²) in [4.78, 5) is 11.2. The molecule has 0 aliphatic rings. The molecular weight excluding hydrogens is 164 g/mol. The molecule has 0 saturated carbocycles. The summed E-state index contributed by atoms with van der Waals surface area (Å²) < 4.78 is 20.7. The van der Waals surface area contributed by atoms with Crippen molar-refractivity contribution in [3.05, 3.63) is 0 Å². The Morgan fingerprint density at radius 3 is 1.91 bits per heavy atom. The molecule has 0 aromatic rings. The van der Waals surface area contributed by atoms with Crippen LogP contribution in [0.25, 0.3) is 0 Å². The lowest BCUT2D eigenvalue weighted by Crippen LogP contribution is -2.33. The average Bonchev–Trinajstić information content (AvgIpc) is 1.82. The third-order valence-corrected chi connectivity index (χ3v) is 2.19. The molecule has 0 fully saturated rings. The van der Waals surface area contributed by atoms with E-state index in [2.05, 4.69) is 0 Å². The van der Waals surface area contributed by atoms with Gasteiger partial charge in [-0.3, -0.25) is 9.00 Å². The average molecular weight is 177 g/mol. The highest BCUT2D eigenvalue weighted by Gasteiger charge is 2.26. The van der Waals surface area contributed by atoms with Gasteiger partial charge in [0.1, 0.15) is 0 Å². The molecule has 11 heavy (non-hydrogen) atoms. The van der Waals surface area contributed by atoms with Crippen molar-refractivity contribution in [2.75, 3.05) is 0 Å². The van der Waals surface area contributed by atoms with E-state index >= 15 is 0 Å². The molecule has 0 aromatic heterocycles. The standard InChI is InChI=1S/C7H14O3S/c1-5(11(9)10)6(8)7(2,3)4/h5H,1-4H3,(H,9,10)/p-1. The minimum Gasteiger partial charge on any atom is -0.772 e. The molecule has 0 aromatic carbocycles. The molecule has 0 aliphatic heterocycles. The lowest BCUT2D eigenvalue weighted by molar-refractivity contribution is -0.125. The lowest BCUT2D eigenvalue weighted by Gasteiger charge is -2.22. The summed E-state index contributed by atoms with van der Waals surface area (Å²) in [6.07, 6.45) is 0. The minimum absolute atomic E-state index is 0.245. The van der Waals surface area contributed by atoms with Crippen molar-refractivity contribution in [1.82, 2.24) is 0 Å². The SMILES string of the molecule is CC(C(=O)C(C)(C)C)S(=O)[O-]. The van der Waals surface area contributed by atoms with E-state index in [0.29, 0.717) is 0 Å². The molecule has 0 amide bonds. The van der Waals surface area contributed by atoms with Crippen LogP contribution in [0.15, 0.2) is 0 Å². The van der Waals surface area contributed by atoms with E-state index in [1.807, 2.05) is 0 Å². The van der Waals surface area contributed by atoms with E-state index in [1.54, 1.807) is 20.8 Å². The van der Waals surface area contributed by atoms with Crippen LogP contribution in [0.2, 0.25) is 0 Å². The topological polar surface area (TPSA) is 57.2 Å². The zero-order valence-electron chi connectivity index (χ0n) is 7.21. The Morgan fingerprint density at radius 1 is 1.45 bits per heavy atom. The molecule has 2 unspecified atom stereocenters. The van der Waals surface area contributed by atoms with Crippen molar-refractivity contribution in [2.24, 2.45) is 5.41 Å². The second kappa shape index (κ2) is 3.45. The minimum atomic E-state index is -2.29. The first kappa shape index (κ1) is 10.8. The molecule has 0 heterocycles. The molecule has 0 rings (SSSR count). The van der Waals surface area contributed by atoms with Crippen molar-refractivity contribution in [3.8, 4) is 0 Å². The number of carbonyl (C=O) groups excluding carboxylic acids is 1. The van der Waals surface area contributed by atoms with Gasteiger partial charge in [-0.2, -0.15) is 0 Å². The molecule has 0 spiro atoms. The van der Waals surface area contributed by atoms with E-state index in [1.165, 1.54) is 6.92 Å². The predicted molar refractivity (Wildman–Crippen MR) is 42.8 cm³/mol. The first-order valence-electron chi connectivity index (χ1n) is 3.39. The van der Waals surface area contributed by atoms with Gasteiger partial charge in [-0.05, 0) is 18.0 Å². The molecular formula is C7H13O3S-. The molecule has 4 heteroatoms. The Kier molecular flexibility index (Phi) is 3.38. The Bertz CT molecular complexity index is 181. The lowest BCUT2D eigenvalue weighted by atomic mass is 9.89. The first-order chi connectivity index (χ1) is 4.76. The monoisotopic (exact) mass is 177 g/mol. The quantitative estimate of drug-likeness (QED) is 0.588. The molecule has 0 N–H and O–H groups in total. The van der Waals surface area contributed by atoms with Gasteiger partial charge >= 0.3 is 0 Å². The number of ketones is 1. The highest BCUT2D eigenvalue weighted by atomic mass is 32.2. The van der Waals surface area contributed by atoms with Crippen LogP contribution in [0.3, 0.4) is 0 Å². The zero-order valence-corrected chi connectivity index (χ0v) is 8.03. The van der Waals surface area contributed by atoms with Crippen LogP contribution < -0.4 is 0 Å². The predicted octanol–water partition coefficient (Wildman–Crippen LogP) is 0.869. The maximum Gasteiger partial charge on any atom is 0.152 e. The Hall–Kier alpha value is -0.220. The number of carbonyl (C=O) groups is 1. The highest BCUT2D eigenvalue weighted by Crippen LogP contribution is 2.18. The van der Waals surface area contributed by atoms with Gasteiger partial charge in [0.05, 0.1) is 5.25 Å². The largest absolute Gasteiger partial charge is 0.772 e. The Balaban J connectivity index is 4.39. The van der Waals surface area contributed by atoms with E-state index in [4.69, 9.17) is 0 Å². The van der Waals surface area contributed by atoms with Crippen LogP contribution >= 0.6 is 0 Å². The third kappa shape index (κ3) is 3.12. The normalized spacial score (nSPS) is 17.5. The van der Waals surface area contributed by atoms with Gasteiger partial charge in [-0.1, -0.05) is 20.8 Å². The van der Waals surface area contributed by atoms with Crippen molar-refractivity contribution < 1.29 is 13.6 Å². The van der Waals surface area contributed by atoms with E-state index < -0.39 is 21.7 Å². The van der Waals surface area contributed by atoms with Crippen LogP contribution in [-0.2, 0) is 15.9 Å². The Morgan fingerprint density at radius 2 is 1.82 bits per heavy atom. The Labute approximate surface area is 69.5 Å². The molecule has 2 atom stereocenters. The van der Waals surface area contributed by atoms with Crippen LogP contribution in [0.4, 0.5) is 0 Å². The van der Waals surface area contributed by atoms with Crippen molar-refractivity contribution in [1.29, 1.82) is 0 Å². The fourth-order valence-corrected chi connectivity index (χ4v) is 1.23. The fourth-order valence-electron chi connectivity index (χ4n) is 0.697. The van der Waals surface area contributed by atoms with E-state index in [0.717, 1.165) is 0 Å². The van der Waals surface area contributed by atoms with Crippen LogP contribution in [0.1, 0.15) is 27.7 Å². The molecule has 0 radical (unpaired) electrons. The summed E-state index contributed by atoms with van der Waals surface area (Å²) >= 11 is -2.29. The number of Topliss-reactive ketones (excluding diaryl/α,β-unsaturated/α-hetero) is 1. The summed E-state index contributed by atoms with van der Waals surface area (Å²) in [6.45, 7) is 6.52. The third-order valence-electron chi connectivity index (χ3n) is 1.40. The van der Waals surface area contributed by atoms with Crippen molar-refractivity contribution in [3.63, 3.8) is 0 Å². The van der Waals surface area contributed by atoms with Gasteiger partial charge in [0.2, 0.25) is 0 Å². The number of rotatable bonds is 2. The van der Waals surface area contributed by atoms with Gasteiger partial charge in [-0.25, -0.2) is 0 Å². The highest BCUT2D eigenvalue weighted by molar-refractivity contribution is 7.80. The summed E-state index contributed by atoms with van der Waals surface area (Å²) in [7, 11) is 0. The van der Waals surface area contributed by atoms with Crippen molar-refractivity contribution >= 4 is 16.9 Å². The maximum atomic E-state index is 11.2. The van der Waals surface area contributed by atoms with Crippen molar-refractivity contribution in [2.45, 2.75) is 32.9 Å². The van der Waals surface area contributed by atoms with E-state index in [-0.39, 0.29) is 5.78 Å². The van der Waals surface area contributed by atoms with Gasteiger partial charge in [0, 0.05) is 5.41 Å². The summed E-state index contributed by atoms with van der Waals surface area (Å²) in [6, 6.07) is 0. The summed E-state index contributed by atoms with van der Waals surface area (Å²) in [5.74, 6) is -0.245. The summed E-state index contributed by atoms with van der Waals surface area (Å²) in [5, 5.41) is -0.894. The molecule has 3 nitrogen and oxygen atoms in total. The van der Waals surface area contributed by atoms with E-state index in [9.17, 15) is 13.6 Å². The molecule has 0 bridgehead atoms. The van der Waals surface area contributed by atoms with Crippen LogP contribution in [-0.4, -0.2) is 19.8 Å². The smallest absolute Gasteiger partial charge is 0.152 e. The number of hydrogen-bond acceptors (Lipinski definition) is 3. The van der Waals surface area contributed by atoms with Gasteiger partial charge in [0.25, 0.3) is 0 Å². The van der Waals surface area contributed by atoms with Gasteiger partial charge in [0.15, 0.2) is 5.78 Å². The molecule has 0 aliphatic carbocycles. The first-order valence-corrected chi connectivity index (χ1v) is 4.53.